The summed E-state index contributed by atoms with van der Waals surface area (Å²) in [5.41, 5.74) is 0.602. The molecule has 0 bridgehead atoms. The average Bonchev–Trinajstić information content (AvgIpc) is 2.70. The molecule has 2 atom stereocenters. The van der Waals surface area contributed by atoms with Crippen LogP contribution in [0.2, 0.25) is 0 Å². The maximum Gasteiger partial charge on any atom is 0.408 e. The number of carbonyl (C=O) groups excluding carboxylic acids is 3. The molecule has 1 aromatic carbocycles. The summed E-state index contributed by atoms with van der Waals surface area (Å²) in [4.78, 5) is 39.3. The zero-order chi connectivity index (χ0) is 24.3. The summed E-state index contributed by atoms with van der Waals surface area (Å²) in [6, 6.07) is 7.87. The van der Waals surface area contributed by atoms with Crippen LogP contribution in [-0.2, 0) is 14.3 Å². The van der Waals surface area contributed by atoms with E-state index in [2.05, 4.69) is 17.2 Å². The lowest BCUT2D eigenvalue weighted by Crippen LogP contribution is -2.49. The fourth-order valence-corrected chi connectivity index (χ4v) is 3.12. The zero-order valence-corrected chi connectivity index (χ0v) is 19.6. The van der Waals surface area contributed by atoms with Crippen molar-refractivity contribution >= 4 is 24.0 Å². The standard InChI is InChI=1S/C24H34N4O4/c1-7-10-17(3)27-22(30)21(19-12-9-11-18(8-2)15-19)28(14-13-25)20(29)16-26-23(31)32-24(4,5)6/h8-9,11-12,15,17,21H,2,7,10,14,16H2,1,3-6H3,(H,26,31)(H,27,30). The zero-order valence-electron chi connectivity index (χ0n) is 19.6. The summed E-state index contributed by atoms with van der Waals surface area (Å²) < 4.78 is 5.15. The quantitative estimate of drug-likeness (QED) is 0.538. The Morgan fingerprint density at radius 1 is 1.31 bits per heavy atom. The molecular weight excluding hydrogens is 408 g/mol. The Bertz CT molecular complexity index is 854. The lowest BCUT2D eigenvalue weighted by Gasteiger charge is -2.31. The van der Waals surface area contributed by atoms with Crippen LogP contribution in [-0.4, -0.2) is 47.5 Å². The Hall–Kier alpha value is -3.34. The largest absolute Gasteiger partial charge is 0.444 e. The van der Waals surface area contributed by atoms with Crippen LogP contribution < -0.4 is 10.6 Å². The van der Waals surface area contributed by atoms with Gasteiger partial charge in [-0.2, -0.15) is 5.26 Å². The van der Waals surface area contributed by atoms with E-state index in [0.29, 0.717) is 5.56 Å². The Morgan fingerprint density at radius 3 is 2.56 bits per heavy atom. The molecule has 0 heterocycles. The highest BCUT2D eigenvalue weighted by atomic mass is 16.6. The first kappa shape index (κ1) is 26.7. The number of carbonyl (C=O) groups is 3. The highest BCUT2D eigenvalue weighted by Gasteiger charge is 2.32. The number of nitrogens with zero attached hydrogens (tertiary/aromatic N) is 2. The topological polar surface area (TPSA) is 112 Å². The third-order valence-corrected chi connectivity index (χ3v) is 4.48. The van der Waals surface area contributed by atoms with E-state index >= 15 is 0 Å². The third-order valence-electron chi connectivity index (χ3n) is 4.48. The molecule has 8 heteroatoms. The molecule has 0 fully saturated rings. The van der Waals surface area contributed by atoms with Crippen LogP contribution in [0.3, 0.4) is 0 Å². The first-order chi connectivity index (χ1) is 15.0. The van der Waals surface area contributed by atoms with Crippen molar-refractivity contribution < 1.29 is 19.1 Å². The molecule has 0 aromatic heterocycles. The number of rotatable bonds is 10. The molecular formula is C24H34N4O4. The lowest BCUT2D eigenvalue weighted by molar-refractivity contribution is -0.139. The maximum atomic E-state index is 13.2. The van der Waals surface area contributed by atoms with Crippen LogP contribution in [0, 0.1) is 11.3 Å². The van der Waals surface area contributed by atoms with Crippen LogP contribution in [0.5, 0.6) is 0 Å². The molecule has 0 aliphatic carbocycles. The summed E-state index contributed by atoms with van der Waals surface area (Å²) in [6.07, 6.45) is 2.54. The van der Waals surface area contributed by atoms with Crippen molar-refractivity contribution in [1.29, 1.82) is 5.26 Å². The van der Waals surface area contributed by atoms with Gasteiger partial charge >= 0.3 is 6.09 Å². The molecule has 0 spiro atoms. The fraction of sp³-hybridized carbons (Fsp3) is 0.500. The van der Waals surface area contributed by atoms with Gasteiger partial charge in [0, 0.05) is 6.04 Å². The molecule has 0 aliphatic heterocycles. The van der Waals surface area contributed by atoms with Crippen molar-refractivity contribution in [3.63, 3.8) is 0 Å². The molecule has 174 valence electrons. The third kappa shape index (κ3) is 8.80. The molecule has 8 nitrogen and oxygen atoms in total. The van der Waals surface area contributed by atoms with Crippen LogP contribution in [0.4, 0.5) is 4.79 Å². The van der Waals surface area contributed by atoms with Gasteiger partial charge in [0.2, 0.25) is 11.8 Å². The van der Waals surface area contributed by atoms with Crippen LogP contribution in [0.1, 0.15) is 64.6 Å². The SMILES string of the molecule is C=Cc1cccc(C(C(=O)NC(C)CCC)N(CC#N)C(=O)CNC(=O)OC(C)(C)C)c1. The summed E-state index contributed by atoms with van der Waals surface area (Å²) >= 11 is 0. The van der Waals surface area contributed by atoms with Crippen molar-refractivity contribution in [1.82, 2.24) is 15.5 Å². The molecule has 1 aromatic rings. The molecule has 0 radical (unpaired) electrons. The van der Waals surface area contributed by atoms with Gasteiger partial charge in [0.05, 0.1) is 6.07 Å². The van der Waals surface area contributed by atoms with Crippen LogP contribution >= 0.6 is 0 Å². The summed E-state index contributed by atoms with van der Waals surface area (Å²) in [5.74, 6) is -0.974. The predicted molar refractivity (Wildman–Crippen MR) is 123 cm³/mol. The molecule has 32 heavy (non-hydrogen) atoms. The van der Waals surface area contributed by atoms with Crippen molar-refractivity contribution in [2.24, 2.45) is 0 Å². The fourth-order valence-electron chi connectivity index (χ4n) is 3.12. The van der Waals surface area contributed by atoms with Crippen molar-refractivity contribution in [3.8, 4) is 6.07 Å². The number of nitrogens with one attached hydrogen (secondary N) is 2. The van der Waals surface area contributed by atoms with Crippen molar-refractivity contribution in [3.05, 3.63) is 42.0 Å². The van der Waals surface area contributed by atoms with Gasteiger partial charge in [-0.25, -0.2) is 4.79 Å². The number of benzene rings is 1. The second kappa shape index (κ2) is 12.5. The monoisotopic (exact) mass is 442 g/mol. The van der Waals surface area contributed by atoms with Crippen molar-refractivity contribution in [2.75, 3.05) is 13.1 Å². The highest BCUT2D eigenvalue weighted by molar-refractivity contribution is 5.90. The van der Waals surface area contributed by atoms with Crippen molar-refractivity contribution in [2.45, 2.75) is 65.1 Å². The van der Waals surface area contributed by atoms with E-state index in [-0.39, 0.29) is 12.6 Å². The molecule has 3 amide bonds. The Balaban J connectivity index is 3.21. The number of hydrogen-bond acceptors (Lipinski definition) is 5. The normalized spacial score (nSPS) is 12.6. The average molecular weight is 443 g/mol. The molecule has 0 aliphatic rings. The Labute approximate surface area is 190 Å². The first-order valence-corrected chi connectivity index (χ1v) is 10.7. The summed E-state index contributed by atoms with van der Waals surface area (Å²) in [7, 11) is 0. The molecule has 1 rings (SSSR count). The minimum atomic E-state index is -1.04. The molecule has 2 N–H and O–H groups in total. The number of hydrogen-bond donors (Lipinski definition) is 2. The van der Waals surface area contributed by atoms with Gasteiger partial charge in [-0.15, -0.1) is 0 Å². The molecule has 0 saturated carbocycles. The number of ether oxygens (including phenoxy) is 1. The van der Waals surface area contributed by atoms with E-state index in [9.17, 15) is 19.6 Å². The first-order valence-electron chi connectivity index (χ1n) is 10.7. The predicted octanol–water partition coefficient (Wildman–Crippen LogP) is 3.55. The minimum absolute atomic E-state index is 0.100. The Morgan fingerprint density at radius 2 is 2.00 bits per heavy atom. The molecule has 0 saturated heterocycles. The van der Waals surface area contributed by atoms with Crippen LogP contribution in [0.15, 0.2) is 30.8 Å². The van der Waals surface area contributed by atoms with E-state index in [1.807, 2.05) is 26.0 Å². The van der Waals surface area contributed by atoms with Gasteiger partial charge in [0.25, 0.3) is 0 Å². The van der Waals surface area contributed by atoms with Gasteiger partial charge in [-0.3, -0.25) is 9.59 Å². The second-order valence-corrected chi connectivity index (χ2v) is 8.51. The van der Waals surface area contributed by atoms with Gasteiger partial charge in [0.15, 0.2) is 0 Å². The number of amides is 3. The summed E-state index contributed by atoms with van der Waals surface area (Å²) in [5, 5.41) is 14.7. The molecule has 2 unspecified atom stereocenters. The van der Waals surface area contributed by atoms with Gasteiger partial charge in [0.1, 0.15) is 24.7 Å². The van der Waals surface area contributed by atoms with E-state index in [1.54, 1.807) is 45.0 Å². The lowest BCUT2D eigenvalue weighted by atomic mass is 10.0. The van der Waals surface area contributed by atoms with Gasteiger partial charge in [-0.05, 0) is 51.3 Å². The second-order valence-electron chi connectivity index (χ2n) is 8.51. The Kier molecular flexibility index (Phi) is 10.4. The smallest absolute Gasteiger partial charge is 0.408 e. The van der Waals surface area contributed by atoms with Crippen LogP contribution in [0.25, 0.3) is 6.08 Å². The number of alkyl carbamates (subject to hydrolysis) is 1. The minimum Gasteiger partial charge on any atom is -0.444 e. The van der Waals surface area contributed by atoms with E-state index in [4.69, 9.17) is 4.74 Å². The van der Waals surface area contributed by atoms with E-state index < -0.39 is 36.1 Å². The number of nitriles is 1. The van der Waals surface area contributed by atoms with E-state index in [1.165, 1.54) is 0 Å². The highest BCUT2D eigenvalue weighted by Crippen LogP contribution is 2.23. The van der Waals surface area contributed by atoms with Gasteiger partial charge < -0.3 is 20.3 Å². The van der Waals surface area contributed by atoms with Gasteiger partial charge in [-0.1, -0.05) is 44.2 Å². The summed E-state index contributed by atoms with van der Waals surface area (Å²) in [6.45, 7) is 12.0. The van der Waals surface area contributed by atoms with E-state index in [0.717, 1.165) is 23.3 Å². The maximum absolute atomic E-state index is 13.2.